The van der Waals surface area contributed by atoms with Gasteiger partial charge in [0, 0.05) is 12.2 Å². The summed E-state index contributed by atoms with van der Waals surface area (Å²) in [5, 5.41) is 6.47. The summed E-state index contributed by atoms with van der Waals surface area (Å²) in [6.45, 7) is 2.16. The number of anilines is 2. The fraction of sp³-hybridized carbons (Fsp3) is 0.308. The topological polar surface area (TPSA) is 92.1 Å². The Hall–Kier alpha value is -2.02. The summed E-state index contributed by atoms with van der Waals surface area (Å²) < 4.78 is 27.0. The number of hydrogen-bond acceptors (Lipinski definition) is 4. The summed E-state index contributed by atoms with van der Waals surface area (Å²) in [4.78, 5) is 0.216. The normalized spacial score (nSPS) is 15.2. The molecule has 2 aromatic rings. The van der Waals surface area contributed by atoms with Crippen molar-refractivity contribution in [3.8, 4) is 0 Å². The van der Waals surface area contributed by atoms with E-state index in [1.54, 1.807) is 25.1 Å². The smallest absolute Gasteiger partial charge is 0.267 e. The lowest BCUT2D eigenvalue weighted by atomic mass is 10.0. The Bertz CT molecular complexity index is 751. The third kappa shape index (κ3) is 1.85. The van der Waals surface area contributed by atoms with Gasteiger partial charge in [-0.2, -0.15) is 5.10 Å². The van der Waals surface area contributed by atoms with Crippen molar-refractivity contribution >= 4 is 21.4 Å². The van der Waals surface area contributed by atoms with Crippen LogP contribution in [-0.4, -0.2) is 25.2 Å². The molecule has 0 aliphatic carbocycles. The molecule has 1 aliphatic rings. The van der Waals surface area contributed by atoms with E-state index in [2.05, 4.69) is 10.2 Å². The molecule has 20 heavy (non-hydrogen) atoms. The Morgan fingerprint density at radius 2 is 2.20 bits per heavy atom. The van der Waals surface area contributed by atoms with Gasteiger partial charge in [0.15, 0.2) is 0 Å². The molecule has 0 atom stereocenters. The van der Waals surface area contributed by atoms with Gasteiger partial charge < -0.3 is 5.73 Å². The zero-order chi connectivity index (χ0) is 14.3. The third-order valence-electron chi connectivity index (χ3n) is 3.60. The van der Waals surface area contributed by atoms with Gasteiger partial charge in [-0.05, 0) is 37.5 Å². The summed E-state index contributed by atoms with van der Waals surface area (Å²) in [5.41, 5.74) is 8.73. The molecule has 0 radical (unpaired) electrons. The number of fused-ring (bicyclic) bond motifs is 1. The maximum absolute atomic E-state index is 12.8. The Morgan fingerprint density at radius 3 is 2.90 bits per heavy atom. The quantitative estimate of drug-likeness (QED) is 0.819. The van der Waals surface area contributed by atoms with Crippen LogP contribution in [0.1, 0.15) is 17.7 Å². The van der Waals surface area contributed by atoms with Crippen LogP contribution in [0.3, 0.4) is 0 Å². The molecule has 106 valence electrons. The molecule has 0 saturated carbocycles. The van der Waals surface area contributed by atoms with Gasteiger partial charge in [-0.15, -0.1) is 0 Å². The largest absolute Gasteiger partial charge is 0.398 e. The number of H-pyrrole nitrogens is 1. The second-order valence-electron chi connectivity index (χ2n) is 4.88. The van der Waals surface area contributed by atoms with Crippen molar-refractivity contribution in [1.82, 2.24) is 10.2 Å². The van der Waals surface area contributed by atoms with Crippen LogP contribution in [0, 0.1) is 6.92 Å². The molecule has 1 aromatic carbocycles. The van der Waals surface area contributed by atoms with Gasteiger partial charge in [0.05, 0.1) is 17.6 Å². The van der Waals surface area contributed by atoms with Gasteiger partial charge in [0.2, 0.25) is 0 Å². The van der Waals surface area contributed by atoms with Crippen molar-refractivity contribution in [1.29, 1.82) is 0 Å². The Morgan fingerprint density at radius 1 is 1.40 bits per heavy atom. The van der Waals surface area contributed by atoms with Gasteiger partial charge in [-0.25, -0.2) is 8.42 Å². The van der Waals surface area contributed by atoms with Gasteiger partial charge in [-0.1, -0.05) is 6.07 Å². The van der Waals surface area contributed by atoms with Crippen molar-refractivity contribution in [3.63, 3.8) is 0 Å². The second kappa shape index (κ2) is 4.52. The van der Waals surface area contributed by atoms with Crippen molar-refractivity contribution < 1.29 is 8.42 Å². The molecule has 0 unspecified atom stereocenters. The molecule has 7 heteroatoms. The van der Waals surface area contributed by atoms with E-state index in [0.29, 0.717) is 23.6 Å². The number of aryl methyl sites for hydroxylation is 1. The molecule has 3 rings (SSSR count). The van der Waals surface area contributed by atoms with Crippen molar-refractivity contribution in [2.75, 3.05) is 16.6 Å². The highest BCUT2D eigenvalue weighted by molar-refractivity contribution is 7.92. The Balaban J connectivity index is 2.14. The highest BCUT2D eigenvalue weighted by Gasteiger charge is 2.31. The van der Waals surface area contributed by atoms with Crippen LogP contribution in [0.2, 0.25) is 0 Å². The maximum atomic E-state index is 12.8. The second-order valence-corrected chi connectivity index (χ2v) is 6.72. The van der Waals surface area contributed by atoms with Crippen LogP contribution in [0.4, 0.5) is 11.4 Å². The number of sulfonamides is 1. The molecule has 1 aromatic heterocycles. The number of rotatable bonds is 2. The minimum absolute atomic E-state index is 0.216. The van der Waals surface area contributed by atoms with Crippen LogP contribution in [0.25, 0.3) is 0 Å². The number of benzene rings is 1. The fourth-order valence-corrected chi connectivity index (χ4v) is 4.24. The van der Waals surface area contributed by atoms with Gasteiger partial charge in [0.1, 0.15) is 4.90 Å². The first-order chi connectivity index (χ1) is 9.51. The number of nitrogens with one attached hydrogen (secondary N) is 1. The predicted octanol–water partition coefficient (Wildman–Crippen LogP) is 1.44. The zero-order valence-electron chi connectivity index (χ0n) is 11.1. The Labute approximate surface area is 117 Å². The van der Waals surface area contributed by atoms with Crippen molar-refractivity contribution in [3.05, 3.63) is 35.7 Å². The number of nitrogens with zero attached hydrogens (tertiary/aromatic N) is 2. The maximum Gasteiger partial charge on any atom is 0.267 e. The van der Waals surface area contributed by atoms with Crippen LogP contribution in [0.15, 0.2) is 29.3 Å². The SMILES string of the molecule is Cc1[nH]ncc1S(=O)(=O)N1CCCc2c(N)cccc21. The first kappa shape index (κ1) is 13.0. The average Bonchev–Trinajstić information content (AvgIpc) is 2.85. The molecular weight excluding hydrogens is 276 g/mol. The molecule has 2 heterocycles. The molecular formula is C13H16N4O2S. The van der Waals surface area contributed by atoms with Crippen LogP contribution in [-0.2, 0) is 16.4 Å². The summed E-state index contributed by atoms with van der Waals surface area (Å²) >= 11 is 0. The first-order valence-corrected chi connectivity index (χ1v) is 7.86. The lowest BCUT2D eigenvalue weighted by molar-refractivity contribution is 0.586. The number of aromatic nitrogens is 2. The minimum atomic E-state index is -3.60. The highest BCUT2D eigenvalue weighted by Crippen LogP contribution is 2.35. The highest BCUT2D eigenvalue weighted by atomic mass is 32.2. The average molecular weight is 292 g/mol. The summed E-state index contributed by atoms with van der Waals surface area (Å²) in [5.74, 6) is 0. The predicted molar refractivity (Wildman–Crippen MR) is 77.0 cm³/mol. The zero-order valence-corrected chi connectivity index (χ0v) is 11.9. The van der Waals surface area contributed by atoms with Gasteiger partial charge in [0.25, 0.3) is 10.0 Å². The monoisotopic (exact) mass is 292 g/mol. The van der Waals surface area contributed by atoms with E-state index >= 15 is 0 Å². The first-order valence-electron chi connectivity index (χ1n) is 6.42. The summed E-state index contributed by atoms with van der Waals surface area (Å²) in [6, 6.07) is 5.39. The number of aromatic amines is 1. The lowest BCUT2D eigenvalue weighted by Gasteiger charge is -2.30. The molecule has 0 fully saturated rings. The third-order valence-corrected chi connectivity index (χ3v) is 5.52. The fourth-order valence-electron chi connectivity index (χ4n) is 2.59. The summed E-state index contributed by atoms with van der Waals surface area (Å²) in [6.07, 6.45) is 2.92. The molecule has 3 N–H and O–H groups in total. The van der Waals surface area contributed by atoms with Crippen LogP contribution >= 0.6 is 0 Å². The van der Waals surface area contributed by atoms with E-state index in [4.69, 9.17) is 5.73 Å². The van der Waals surface area contributed by atoms with Gasteiger partial charge >= 0.3 is 0 Å². The standard InChI is InChI=1S/C13H16N4O2S/c1-9-13(8-15-16-9)20(18,19)17-7-3-4-10-11(14)5-2-6-12(10)17/h2,5-6,8H,3-4,7,14H2,1H3,(H,15,16). The molecule has 1 aliphatic heterocycles. The Kier molecular flexibility index (Phi) is 2.93. The lowest BCUT2D eigenvalue weighted by Crippen LogP contribution is -2.35. The molecule has 0 bridgehead atoms. The number of nitrogen functional groups attached to an aromatic ring is 1. The van der Waals surface area contributed by atoms with Crippen LogP contribution in [0.5, 0.6) is 0 Å². The molecule has 0 saturated heterocycles. The minimum Gasteiger partial charge on any atom is -0.398 e. The van der Waals surface area contributed by atoms with Crippen LogP contribution < -0.4 is 10.0 Å². The van der Waals surface area contributed by atoms with E-state index in [1.165, 1.54) is 10.5 Å². The van der Waals surface area contributed by atoms with E-state index in [1.807, 2.05) is 0 Å². The van der Waals surface area contributed by atoms with Gasteiger partial charge in [-0.3, -0.25) is 9.40 Å². The van der Waals surface area contributed by atoms with Crippen molar-refractivity contribution in [2.45, 2.75) is 24.7 Å². The summed E-state index contributed by atoms with van der Waals surface area (Å²) in [7, 11) is -3.60. The molecule has 0 spiro atoms. The van der Waals surface area contributed by atoms with E-state index in [9.17, 15) is 8.42 Å². The van der Waals surface area contributed by atoms with E-state index in [0.717, 1.165) is 18.4 Å². The van der Waals surface area contributed by atoms with Crippen molar-refractivity contribution in [2.24, 2.45) is 0 Å². The molecule has 6 nitrogen and oxygen atoms in total. The van der Waals surface area contributed by atoms with E-state index in [-0.39, 0.29) is 4.90 Å². The molecule has 0 amide bonds. The van der Waals surface area contributed by atoms with E-state index < -0.39 is 10.0 Å². The number of nitrogens with two attached hydrogens (primary N) is 1. The number of hydrogen-bond donors (Lipinski definition) is 2.